The molecule has 0 spiro atoms. The molecule has 2 N–H and O–H groups in total. The summed E-state index contributed by atoms with van der Waals surface area (Å²) >= 11 is 12.4. The van der Waals surface area contributed by atoms with Crippen LogP contribution in [-0.4, -0.2) is 24.7 Å². The van der Waals surface area contributed by atoms with Gasteiger partial charge in [0.05, 0.1) is 23.3 Å². The summed E-state index contributed by atoms with van der Waals surface area (Å²) in [7, 11) is 0. The van der Waals surface area contributed by atoms with Gasteiger partial charge in [0.1, 0.15) is 5.15 Å². The van der Waals surface area contributed by atoms with E-state index in [9.17, 15) is 0 Å². The molecule has 0 radical (unpaired) electrons. The Morgan fingerprint density at radius 3 is 2.46 bits per heavy atom. The number of aryl methyl sites for hydroxylation is 2. The zero-order valence-electron chi connectivity index (χ0n) is 14.4. The maximum absolute atomic E-state index is 6.29. The predicted molar refractivity (Wildman–Crippen MR) is 98.7 cm³/mol. The molecule has 8 heteroatoms. The van der Waals surface area contributed by atoms with Gasteiger partial charge in [-0.2, -0.15) is 10.1 Å². The molecular weight excluding hydrogens is 347 g/mol. The van der Waals surface area contributed by atoms with Crippen LogP contribution < -0.4 is 5.73 Å². The Bertz CT molecular complexity index is 888. The first-order chi connectivity index (χ1) is 11.4. The number of anilines is 1. The molecule has 0 bridgehead atoms. The minimum Gasteiger partial charge on any atom is -0.368 e. The highest BCUT2D eigenvalue weighted by atomic mass is 35.5. The van der Waals surface area contributed by atoms with Gasteiger partial charge in [-0.1, -0.05) is 37.0 Å². The SMILES string of the molecule is CC.Cc1cnc(Cn2nc(C)c3c(Cl)nc(N)nc32)c(C)c1Cl. The second-order valence-corrected chi connectivity index (χ2v) is 5.88. The Morgan fingerprint density at radius 2 is 1.79 bits per heavy atom. The van der Waals surface area contributed by atoms with E-state index in [1.165, 1.54) is 0 Å². The van der Waals surface area contributed by atoms with Crippen LogP contribution in [0, 0.1) is 20.8 Å². The number of hydrogen-bond donors (Lipinski definition) is 1. The fourth-order valence-electron chi connectivity index (χ4n) is 2.38. The van der Waals surface area contributed by atoms with Crippen molar-refractivity contribution in [2.75, 3.05) is 5.73 Å². The second-order valence-electron chi connectivity index (χ2n) is 5.14. The molecule has 3 heterocycles. The Morgan fingerprint density at radius 1 is 1.12 bits per heavy atom. The Hall–Kier alpha value is -1.92. The van der Waals surface area contributed by atoms with Gasteiger partial charge in [-0.25, -0.2) is 9.67 Å². The quantitative estimate of drug-likeness (QED) is 0.689. The molecule has 3 aromatic heterocycles. The molecule has 128 valence electrons. The smallest absolute Gasteiger partial charge is 0.223 e. The summed E-state index contributed by atoms with van der Waals surface area (Å²) in [5, 5.41) is 6.19. The van der Waals surface area contributed by atoms with Crippen molar-refractivity contribution in [2.24, 2.45) is 0 Å². The van der Waals surface area contributed by atoms with Gasteiger partial charge >= 0.3 is 0 Å². The third-order valence-electron chi connectivity index (χ3n) is 3.56. The van der Waals surface area contributed by atoms with E-state index in [4.69, 9.17) is 28.9 Å². The lowest BCUT2D eigenvalue weighted by atomic mass is 10.1. The number of rotatable bonds is 2. The number of nitrogen functional groups attached to an aromatic ring is 1. The Balaban J connectivity index is 0.00000100. The van der Waals surface area contributed by atoms with E-state index in [0.29, 0.717) is 27.8 Å². The molecule has 6 nitrogen and oxygen atoms in total. The highest BCUT2D eigenvalue weighted by Crippen LogP contribution is 2.26. The fourth-order valence-corrected chi connectivity index (χ4v) is 2.84. The number of halogens is 2. The second kappa shape index (κ2) is 7.32. The van der Waals surface area contributed by atoms with Crippen molar-refractivity contribution in [3.8, 4) is 0 Å². The maximum Gasteiger partial charge on any atom is 0.223 e. The van der Waals surface area contributed by atoms with E-state index in [-0.39, 0.29) is 5.95 Å². The summed E-state index contributed by atoms with van der Waals surface area (Å²) in [6, 6.07) is 0. The molecule has 0 aromatic carbocycles. The molecule has 0 aliphatic rings. The van der Waals surface area contributed by atoms with E-state index in [0.717, 1.165) is 22.5 Å². The first kappa shape index (κ1) is 18.4. The van der Waals surface area contributed by atoms with Crippen LogP contribution in [0.3, 0.4) is 0 Å². The van der Waals surface area contributed by atoms with Crippen LogP contribution in [0.2, 0.25) is 10.2 Å². The van der Waals surface area contributed by atoms with Crippen LogP contribution in [0.5, 0.6) is 0 Å². The average molecular weight is 367 g/mol. The maximum atomic E-state index is 6.29. The zero-order valence-corrected chi connectivity index (χ0v) is 15.9. The van der Waals surface area contributed by atoms with Gasteiger partial charge < -0.3 is 5.73 Å². The van der Waals surface area contributed by atoms with Gasteiger partial charge in [0.25, 0.3) is 0 Å². The van der Waals surface area contributed by atoms with Crippen molar-refractivity contribution in [2.45, 2.75) is 41.2 Å². The van der Waals surface area contributed by atoms with E-state index >= 15 is 0 Å². The van der Waals surface area contributed by atoms with Crippen LogP contribution in [0.25, 0.3) is 11.0 Å². The molecule has 0 fully saturated rings. The van der Waals surface area contributed by atoms with Crippen molar-refractivity contribution < 1.29 is 0 Å². The van der Waals surface area contributed by atoms with E-state index < -0.39 is 0 Å². The third kappa shape index (κ3) is 3.30. The van der Waals surface area contributed by atoms with E-state index in [2.05, 4.69) is 20.1 Å². The highest BCUT2D eigenvalue weighted by Gasteiger charge is 2.16. The van der Waals surface area contributed by atoms with Crippen LogP contribution in [-0.2, 0) is 6.54 Å². The molecule has 24 heavy (non-hydrogen) atoms. The topological polar surface area (TPSA) is 82.5 Å². The molecule has 0 unspecified atom stereocenters. The molecule has 0 aliphatic carbocycles. The number of pyridine rings is 1. The lowest BCUT2D eigenvalue weighted by Crippen LogP contribution is -2.08. The van der Waals surface area contributed by atoms with Gasteiger partial charge in [-0.3, -0.25) is 4.98 Å². The molecule has 3 rings (SSSR count). The minimum atomic E-state index is 0.116. The van der Waals surface area contributed by atoms with Crippen molar-refractivity contribution in [3.63, 3.8) is 0 Å². The van der Waals surface area contributed by atoms with Gasteiger partial charge in [-0.15, -0.1) is 0 Å². The summed E-state index contributed by atoms with van der Waals surface area (Å²) < 4.78 is 1.72. The van der Waals surface area contributed by atoms with Crippen molar-refractivity contribution in [1.29, 1.82) is 0 Å². The van der Waals surface area contributed by atoms with Gasteiger partial charge in [0.2, 0.25) is 5.95 Å². The molecule has 0 atom stereocenters. The third-order valence-corrected chi connectivity index (χ3v) is 4.42. The monoisotopic (exact) mass is 366 g/mol. The normalized spacial score (nSPS) is 10.6. The minimum absolute atomic E-state index is 0.116. The molecule has 0 aliphatic heterocycles. The van der Waals surface area contributed by atoms with Crippen molar-refractivity contribution in [3.05, 3.63) is 38.9 Å². The average Bonchev–Trinajstić information content (AvgIpc) is 2.86. The summed E-state index contributed by atoms with van der Waals surface area (Å²) in [5.41, 5.74) is 9.72. The van der Waals surface area contributed by atoms with Crippen LogP contribution >= 0.6 is 23.2 Å². The van der Waals surface area contributed by atoms with E-state index in [1.807, 2.05) is 34.6 Å². The largest absolute Gasteiger partial charge is 0.368 e. The molecule has 0 saturated carbocycles. The van der Waals surface area contributed by atoms with Crippen LogP contribution in [0.1, 0.15) is 36.4 Å². The highest BCUT2D eigenvalue weighted by molar-refractivity contribution is 6.34. The number of aromatic nitrogens is 5. The first-order valence-corrected chi connectivity index (χ1v) is 8.40. The lowest BCUT2D eigenvalue weighted by molar-refractivity contribution is 0.678. The van der Waals surface area contributed by atoms with Crippen LogP contribution in [0.15, 0.2) is 6.20 Å². The van der Waals surface area contributed by atoms with Gasteiger partial charge in [0, 0.05) is 11.2 Å². The summed E-state index contributed by atoms with van der Waals surface area (Å²) in [4.78, 5) is 12.7. The molecule has 0 saturated heterocycles. The van der Waals surface area contributed by atoms with Gasteiger partial charge in [0.15, 0.2) is 5.65 Å². The lowest BCUT2D eigenvalue weighted by Gasteiger charge is -2.09. The summed E-state index contributed by atoms with van der Waals surface area (Å²) in [5.74, 6) is 0.116. The summed E-state index contributed by atoms with van der Waals surface area (Å²) in [6.45, 7) is 10.1. The Labute approximate surface area is 151 Å². The number of hydrogen-bond acceptors (Lipinski definition) is 5. The van der Waals surface area contributed by atoms with Gasteiger partial charge in [-0.05, 0) is 31.9 Å². The fraction of sp³-hybridized carbons (Fsp3) is 0.375. The van der Waals surface area contributed by atoms with Crippen molar-refractivity contribution in [1.82, 2.24) is 24.7 Å². The van der Waals surface area contributed by atoms with Crippen LogP contribution in [0.4, 0.5) is 5.95 Å². The Kier molecular flexibility index (Phi) is 5.62. The summed E-state index contributed by atoms with van der Waals surface area (Å²) in [6.07, 6.45) is 1.75. The molecular formula is C16H20Cl2N6. The zero-order chi connectivity index (χ0) is 18.0. The molecule has 0 amide bonds. The number of nitrogens with zero attached hydrogens (tertiary/aromatic N) is 5. The number of fused-ring (bicyclic) bond motifs is 1. The standard InChI is InChI=1S/C14H14Cl2N6.C2H6/c1-6-4-18-9(7(2)11(6)15)5-22-13-10(8(3)21-22)12(16)19-14(17)20-13;1-2/h4H,5H2,1-3H3,(H2,17,19,20);1-2H3. The van der Waals surface area contributed by atoms with E-state index in [1.54, 1.807) is 10.9 Å². The molecule has 3 aromatic rings. The van der Waals surface area contributed by atoms with Crippen molar-refractivity contribution >= 4 is 40.2 Å². The first-order valence-electron chi connectivity index (χ1n) is 7.65. The predicted octanol–water partition coefficient (Wildman–Crippen LogP) is 4.11. The number of nitrogens with two attached hydrogens (primary N) is 1.